The Bertz CT molecular complexity index is 322. The van der Waals surface area contributed by atoms with E-state index in [1.165, 1.54) is 7.11 Å². The maximum absolute atomic E-state index is 9.59. The smallest absolute Gasteiger partial charge is 0.316 e. The van der Waals surface area contributed by atoms with E-state index in [0.717, 1.165) is 24.8 Å². The van der Waals surface area contributed by atoms with Crippen molar-refractivity contribution in [3.63, 3.8) is 0 Å². The number of aromatic nitrogens is 2. The molecule has 0 saturated heterocycles. The Hall–Kier alpha value is -1.42. The molecule has 0 aliphatic heterocycles. The second kappa shape index (κ2) is 6.95. The van der Waals surface area contributed by atoms with E-state index < -0.39 is 0 Å². The van der Waals surface area contributed by atoms with Crippen LogP contribution in [0.1, 0.15) is 31.7 Å². The summed E-state index contributed by atoms with van der Waals surface area (Å²) in [6, 6.07) is 0.351. The molecular formula is C12H18N2O2. The largest absolute Gasteiger partial charge is 0.467 e. The van der Waals surface area contributed by atoms with E-state index in [0.29, 0.717) is 6.01 Å². The minimum absolute atomic E-state index is 0.351. The topological polar surface area (TPSA) is 55.2 Å². The van der Waals surface area contributed by atoms with Gasteiger partial charge in [0.2, 0.25) is 0 Å². The molecule has 16 heavy (non-hydrogen) atoms. The zero-order chi connectivity index (χ0) is 11.8. The molecule has 0 aliphatic rings. The SMILES string of the molecule is CCCCC(O)C=Cc1cnc(OC)nc1. The van der Waals surface area contributed by atoms with Crippen LogP contribution in [-0.4, -0.2) is 28.3 Å². The summed E-state index contributed by atoms with van der Waals surface area (Å²) in [5, 5.41) is 9.59. The van der Waals surface area contributed by atoms with Gasteiger partial charge in [0.05, 0.1) is 13.2 Å². The third kappa shape index (κ3) is 4.40. The Morgan fingerprint density at radius 3 is 2.69 bits per heavy atom. The highest BCUT2D eigenvalue weighted by Crippen LogP contribution is 2.06. The van der Waals surface area contributed by atoms with Crippen molar-refractivity contribution in [2.24, 2.45) is 0 Å². The predicted octanol–water partition coefficient (Wildman–Crippen LogP) is 2.05. The van der Waals surface area contributed by atoms with E-state index in [9.17, 15) is 5.11 Å². The van der Waals surface area contributed by atoms with Crippen LogP contribution >= 0.6 is 0 Å². The minimum atomic E-state index is -0.387. The molecular weight excluding hydrogens is 204 g/mol. The minimum Gasteiger partial charge on any atom is -0.467 e. The lowest BCUT2D eigenvalue weighted by Crippen LogP contribution is -2.00. The van der Waals surface area contributed by atoms with E-state index in [4.69, 9.17) is 4.74 Å². The van der Waals surface area contributed by atoms with Gasteiger partial charge in [-0.25, -0.2) is 9.97 Å². The molecule has 0 radical (unpaired) electrons. The van der Waals surface area contributed by atoms with Crippen molar-refractivity contribution in [3.8, 4) is 6.01 Å². The molecule has 1 N–H and O–H groups in total. The van der Waals surface area contributed by atoms with Gasteiger partial charge in [-0.3, -0.25) is 0 Å². The van der Waals surface area contributed by atoms with Crippen molar-refractivity contribution in [2.75, 3.05) is 7.11 Å². The van der Waals surface area contributed by atoms with Gasteiger partial charge in [-0.2, -0.15) is 0 Å². The van der Waals surface area contributed by atoms with Crippen molar-refractivity contribution in [2.45, 2.75) is 32.3 Å². The molecule has 1 unspecified atom stereocenters. The lowest BCUT2D eigenvalue weighted by atomic mass is 10.1. The molecule has 1 atom stereocenters. The molecule has 0 fully saturated rings. The maximum Gasteiger partial charge on any atom is 0.316 e. The van der Waals surface area contributed by atoms with Crippen LogP contribution in [0.15, 0.2) is 18.5 Å². The fourth-order valence-corrected chi connectivity index (χ4v) is 1.25. The quantitative estimate of drug-likeness (QED) is 0.800. The molecule has 0 bridgehead atoms. The van der Waals surface area contributed by atoms with Gasteiger partial charge >= 0.3 is 6.01 Å². The number of hydrogen-bond donors (Lipinski definition) is 1. The normalized spacial score (nSPS) is 12.9. The van der Waals surface area contributed by atoms with E-state index in [1.54, 1.807) is 18.5 Å². The third-order valence-electron chi connectivity index (χ3n) is 2.19. The summed E-state index contributed by atoms with van der Waals surface area (Å²) in [5.41, 5.74) is 0.858. The first-order valence-corrected chi connectivity index (χ1v) is 5.48. The molecule has 4 heteroatoms. The fraction of sp³-hybridized carbons (Fsp3) is 0.500. The summed E-state index contributed by atoms with van der Waals surface area (Å²) in [7, 11) is 1.53. The maximum atomic E-state index is 9.59. The summed E-state index contributed by atoms with van der Waals surface area (Å²) in [4.78, 5) is 7.94. The highest BCUT2D eigenvalue weighted by Gasteiger charge is 1.98. The highest BCUT2D eigenvalue weighted by atomic mass is 16.5. The lowest BCUT2D eigenvalue weighted by molar-refractivity contribution is 0.210. The standard InChI is InChI=1S/C12H18N2O2/c1-3-4-5-11(15)7-6-10-8-13-12(16-2)14-9-10/h6-9,11,15H,3-5H2,1-2H3. The van der Waals surface area contributed by atoms with Gasteiger partial charge in [0.1, 0.15) is 0 Å². The van der Waals surface area contributed by atoms with Crippen LogP contribution in [0.25, 0.3) is 6.08 Å². The van der Waals surface area contributed by atoms with Crippen molar-refractivity contribution in [1.29, 1.82) is 0 Å². The molecule has 0 aliphatic carbocycles. The van der Waals surface area contributed by atoms with Crippen LogP contribution in [0, 0.1) is 0 Å². The van der Waals surface area contributed by atoms with Gasteiger partial charge < -0.3 is 9.84 Å². The second-order valence-corrected chi connectivity index (χ2v) is 3.57. The summed E-state index contributed by atoms with van der Waals surface area (Å²) in [5.74, 6) is 0. The first kappa shape index (κ1) is 12.6. The predicted molar refractivity (Wildman–Crippen MR) is 63.1 cm³/mol. The van der Waals surface area contributed by atoms with Crippen LogP contribution in [0.4, 0.5) is 0 Å². The molecule has 0 aromatic carbocycles. The fourth-order valence-electron chi connectivity index (χ4n) is 1.25. The molecule has 4 nitrogen and oxygen atoms in total. The number of aliphatic hydroxyl groups is 1. The van der Waals surface area contributed by atoms with Crippen molar-refractivity contribution < 1.29 is 9.84 Å². The lowest BCUT2D eigenvalue weighted by Gasteiger charge is -2.03. The van der Waals surface area contributed by atoms with Crippen molar-refractivity contribution >= 4 is 6.08 Å². The van der Waals surface area contributed by atoms with E-state index in [1.807, 2.05) is 6.08 Å². The van der Waals surface area contributed by atoms with Crippen LogP contribution in [-0.2, 0) is 0 Å². The zero-order valence-corrected chi connectivity index (χ0v) is 9.76. The molecule has 0 spiro atoms. The Kier molecular flexibility index (Phi) is 5.50. The highest BCUT2D eigenvalue weighted by molar-refractivity contribution is 5.47. The number of nitrogens with zero attached hydrogens (tertiary/aromatic N) is 2. The van der Waals surface area contributed by atoms with Crippen LogP contribution in [0.5, 0.6) is 6.01 Å². The van der Waals surface area contributed by atoms with Gasteiger partial charge in [0.15, 0.2) is 0 Å². The molecule has 1 aromatic rings. The zero-order valence-electron chi connectivity index (χ0n) is 9.76. The Balaban J connectivity index is 2.48. The number of methoxy groups -OCH3 is 1. The van der Waals surface area contributed by atoms with Gasteiger partial charge in [-0.1, -0.05) is 31.9 Å². The van der Waals surface area contributed by atoms with Gasteiger partial charge in [0, 0.05) is 18.0 Å². The van der Waals surface area contributed by atoms with Gasteiger partial charge in [0.25, 0.3) is 0 Å². The summed E-state index contributed by atoms with van der Waals surface area (Å²) < 4.78 is 4.85. The Morgan fingerprint density at radius 2 is 2.12 bits per heavy atom. The second-order valence-electron chi connectivity index (χ2n) is 3.57. The van der Waals surface area contributed by atoms with Crippen molar-refractivity contribution in [1.82, 2.24) is 9.97 Å². The van der Waals surface area contributed by atoms with Crippen LogP contribution in [0.2, 0.25) is 0 Å². The summed E-state index contributed by atoms with van der Waals surface area (Å²) in [6.45, 7) is 2.10. The van der Waals surface area contributed by atoms with E-state index >= 15 is 0 Å². The average Bonchev–Trinajstić information content (AvgIpc) is 2.34. The van der Waals surface area contributed by atoms with E-state index in [-0.39, 0.29) is 6.10 Å². The number of aliphatic hydroxyl groups excluding tert-OH is 1. The molecule has 1 aromatic heterocycles. The Morgan fingerprint density at radius 1 is 1.44 bits per heavy atom. The van der Waals surface area contributed by atoms with E-state index in [2.05, 4.69) is 16.9 Å². The van der Waals surface area contributed by atoms with Gasteiger partial charge in [-0.15, -0.1) is 0 Å². The van der Waals surface area contributed by atoms with Gasteiger partial charge in [-0.05, 0) is 6.42 Å². The summed E-state index contributed by atoms with van der Waals surface area (Å²) in [6.07, 6.45) is 9.44. The van der Waals surface area contributed by atoms with Crippen LogP contribution in [0.3, 0.4) is 0 Å². The summed E-state index contributed by atoms with van der Waals surface area (Å²) >= 11 is 0. The third-order valence-corrected chi connectivity index (χ3v) is 2.19. The average molecular weight is 222 g/mol. The number of rotatable bonds is 6. The van der Waals surface area contributed by atoms with Crippen LogP contribution < -0.4 is 4.74 Å². The molecule has 0 saturated carbocycles. The monoisotopic (exact) mass is 222 g/mol. The molecule has 88 valence electrons. The van der Waals surface area contributed by atoms with Crippen molar-refractivity contribution in [3.05, 3.63) is 24.0 Å². The number of ether oxygens (including phenoxy) is 1. The molecule has 1 rings (SSSR count). The molecule has 0 amide bonds. The first-order valence-electron chi connectivity index (χ1n) is 5.48. The number of hydrogen-bond acceptors (Lipinski definition) is 4. The number of unbranched alkanes of at least 4 members (excludes halogenated alkanes) is 1. The Labute approximate surface area is 96.0 Å². The first-order chi connectivity index (χ1) is 7.76. The molecule has 1 heterocycles.